The molecule has 1 aliphatic rings. The Balaban J connectivity index is 1.67. The largest absolute Gasteiger partial charge is 0.479 e. The average Bonchev–Trinajstić information content (AvgIpc) is 3.31. The minimum absolute atomic E-state index is 0.604. The summed E-state index contributed by atoms with van der Waals surface area (Å²) >= 11 is 7.70. The molecule has 1 N–H and O–H groups in total. The van der Waals surface area contributed by atoms with Gasteiger partial charge in [-0.2, -0.15) is 0 Å². The summed E-state index contributed by atoms with van der Waals surface area (Å²) in [5, 5.41) is 11.6. The smallest absolute Gasteiger partial charge is 0.337 e. The van der Waals surface area contributed by atoms with Crippen LogP contribution >= 0.6 is 22.9 Å². The van der Waals surface area contributed by atoms with E-state index in [1.807, 2.05) is 64.1 Å². The van der Waals surface area contributed by atoms with E-state index in [0.717, 1.165) is 63.8 Å². The van der Waals surface area contributed by atoms with Crippen molar-refractivity contribution in [3.05, 3.63) is 58.7 Å². The number of piperazine rings is 1. The highest BCUT2D eigenvalue weighted by Gasteiger charge is 2.32. The van der Waals surface area contributed by atoms with Gasteiger partial charge in [0.25, 0.3) is 0 Å². The van der Waals surface area contributed by atoms with Crippen molar-refractivity contribution in [1.29, 1.82) is 0 Å². The van der Waals surface area contributed by atoms with E-state index in [1.54, 1.807) is 6.20 Å². The van der Waals surface area contributed by atoms with Gasteiger partial charge in [-0.15, -0.1) is 11.3 Å². The maximum atomic E-state index is 12.6. The predicted octanol–water partition coefficient (Wildman–Crippen LogP) is 6.07. The second-order valence-electron chi connectivity index (χ2n) is 10.8. The van der Waals surface area contributed by atoms with Gasteiger partial charge in [0.15, 0.2) is 6.10 Å². The summed E-state index contributed by atoms with van der Waals surface area (Å²) in [6.45, 7) is 11.1. The van der Waals surface area contributed by atoms with Crippen molar-refractivity contribution in [2.24, 2.45) is 0 Å². The van der Waals surface area contributed by atoms with E-state index in [9.17, 15) is 9.90 Å². The number of hydrogen-bond donors (Lipinski definition) is 1. The molecule has 1 atom stereocenters. The summed E-state index contributed by atoms with van der Waals surface area (Å²) in [7, 11) is 2.12. The van der Waals surface area contributed by atoms with Crippen LogP contribution in [0.3, 0.4) is 0 Å². The zero-order valence-corrected chi connectivity index (χ0v) is 24.3. The maximum Gasteiger partial charge on any atom is 0.337 e. The molecule has 3 heterocycles. The number of thiazole rings is 1. The molecule has 0 spiro atoms. The van der Waals surface area contributed by atoms with Crippen molar-refractivity contribution in [3.8, 4) is 21.8 Å². The molecule has 5 rings (SSSR count). The fourth-order valence-corrected chi connectivity index (χ4v) is 6.00. The number of carboxylic acid groups (broad SMARTS) is 1. The van der Waals surface area contributed by atoms with Crippen LogP contribution in [0.4, 0.5) is 5.95 Å². The van der Waals surface area contributed by atoms with Gasteiger partial charge in [-0.25, -0.2) is 19.7 Å². The van der Waals surface area contributed by atoms with Gasteiger partial charge < -0.3 is 19.6 Å². The molecule has 0 saturated carbocycles. The van der Waals surface area contributed by atoms with Gasteiger partial charge in [0.05, 0.1) is 15.8 Å². The first kappa shape index (κ1) is 27.5. The monoisotopic (exact) mass is 565 g/mol. The molecule has 1 fully saturated rings. The summed E-state index contributed by atoms with van der Waals surface area (Å²) < 4.78 is 6.98. The lowest BCUT2D eigenvalue weighted by molar-refractivity contribution is -0.160. The third-order valence-corrected chi connectivity index (χ3v) is 8.03. The number of aliphatic carboxylic acids is 1. The fraction of sp³-hybridized carbons (Fsp3) is 0.379. The van der Waals surface area contributed by atoms with Crippen LogP contribution in [0.2, 0.25) is 5.02 Å². The van der Waals surface area contributed by atoms with Crippen LogP contribution < -0.4 is 4.90 Å². The van der Waals surface area contributed by atoms with Crippen LogP contribution in [0.15, 0.2) is 42.6 Å². The summed E-state index contributed by atoms with van der Waals surface area (Å²) in [6.07, 6.45) is 0.615. The Bertz CT molecular complexity index is 1510. The van der Waals surface area contributed by atoms with Crippen molar-refractivity contribution in [3.63, 3.8) is 0 Å². The first-order valence-corrected chi connectivity index (χ1v) is 14.1. The predicted molar refractivity (Wildman–Crippen MR) is 157 cm³/mol. The number of aryl methyl sites for hydroxylation is 1. The minimum atomic E-state index is -1.16. The van der Waals surface area contributed by atoms with E-state index in [0.29, 0.717) is 16.5 Å². The second kappa shape index (κ2) is 10.8. The van der Waals surface area contributed by atoms with E-state index in [-0.39, 0.29) is 0 Å². The topological polar surface area (TPSA) is 91.7 Å². The molecule has 0 bridgehead atoms. The molecule has 1 unspecified atom stereocenters. The SMILES string of the molecule is Cc1cc2nc(-c3ccnc(N4CCN(C)CC4)n3)sc2c(-c2ccc(Cl)cc2)c1C(OC(C)(C)C)C(=O)O. The molecule has 4 aromatic rings. The van der Waals surface area contributed by atoms with Gasteiger partial charge >= 0.3 is 5.97 Å². The van der Waals surface area contributed by atoms with E-state index in [4.69, 9.17) is 26.3 Å². The average molecular weight is 566 g/mol. The molecule has 0 amide bonds. The molecule has 2 aromatic carbocycles. The fourth-order valence-electron chi connectivity index (χ4n) is 4.77. The zero-order valence-electron chi connectivity index (χ0n) is 22.7. The Morgan fingerprint density at radius 3 is 2.44 bits per heavy atom. The molecule has 1 saturated heterocycles. The molecule has 39 heavy (non-hydrogen) atoms. The van der Waals surface area contributed by atoms with Gasteiger partial charge in [0.1, 0.15) is 10.7 Å². The molecule has 1 aliphatic heterocycles. The number of hydrogen-bond acceptors (Lipinski definition) is 8. The van der Waals surface area contributed by atoms with Crippen molar-refractivity contribution in [2.75, 3.05) is 38.1 Å². The van der Waals surface area contributed by atoms with Crippen LogP contribution in [-0.4, -0.2) is 69.8 Å². The lowest BCUT2D eigenvalue weighted by Crippen LogP contribution is -2.45. The number of halogens is 1. The number of likely N-dealkylation sites (N-methyl/N-ethyl adjacent to an activating group) is 1. The number of anilines is 1. The highest BCUT2D eigenvalue weighted by Crippen LogP contribution is 2.44. The number of rotatable bonds is 6. The van der Waals surface area contributed by atoms with Gasteiger partial charge in [-0.1, -0.05) is 23.7 Å². The van der Waals surface area contributed by atoms with Crippen LogP contribution in [0, 0.1) is 6.92 Å². The maximum absolute atomic E-state index is 12.6. The summed E-state index contributed by atoms with van der Waals surface area (Å²) in [5.41, 5.74) is 3.90. The molecule has 0 aliphatic carbocycles. The molecule has 8 nitrogen and oxygen atoms in total. The van der Waals surface area contributed by atoms with Crippen molar-refractivity contribution in [2.45, 2.75) is 39.4 Å². The highest BCUT2D eigenvalue weighted by atomic mass is 35.5. The van der Waals surface area contributed by atoms with E-state index in [2.05, 4.69) is 21.8 Å². The van der Waals surface area contributed by atoms with Gasteiger partial charge in [0.2, 0.25) is 5.95 Å². The van der Waals surface area contributed by atoms with E-state index < -0.39 is 17.7 Å². The number of ether oxygens (including phenoxy) is 1. The molecular weight excluding hydrogens is 534 g/mol. The standard InChI is InChI=1S/C29H32ClN5O3S/c1-17-16-21-25(39-26(32-21)20-10-11-31-28(33-20)35-14-12-34(5)13-15-35)23(18-6-8-19(30)9-7-18)22(17)24(27(36)37)38-29(2,3)4/h6-11,16,24H,12-15H2,1-5H3,(H,36,37). The summed E-state index contributed by atoms with van der Waals surface area (Å²) in [6, 6.07) is 11.2. The first-order valence-electron chi connectivity index (χ1n) is 12.9. The molecule has 0 radical (unpaired) electrons. The number of nitrogens with zero attached hydrogens (tertiary/aromatic N) is 5. The number of carboxylic acids is 1. The summed E-state index contributed by atoms with van der Waals surface area (Å²) in [5.74, 6) is -0.348. The Morgan fingerprint density at radius 1 is 1.10 bits per heavy atom. The number of aromatic nitrogens is 3. The van der Waals surface area contributed by atoms with Crippen molar-refractivity contribution >= 4 is 45.1 Å². The highest BCUT2D eigenvalue weighted by molar-refractivity contribution is 7.22. The van der Waals surface area contributed by atoms with Crippen molar-refractivity contribution in [1.82, 2.24) is 19.9 Å². The van der Waals surface area contributed by atoms with Crippen LogP contribution in [-0.2, 0) is 9.53 Å². The van der Waals surface area contributed by atoms with Crippen molar-refractivity contribution < 1.29 is 14.6 Å². The lowest BCUT2D eigenvalue weighted by atomic mass is 9.91. The Morgan fingerprint density at radius 2 is 1.79 bits per heavy atom. The quantitative estimate of drug-likeness (QED) is 0.301. The Hall–Kier alpha value is -3.11. The van der Waals surface area contributed by atoms with Gasteiger partial charge in [-0.05, 0) is 70.1 Å². The number of fused-ring (bicyclic) bond motifs is 1. The summed E-state index contributed by atoms with van der Waals surface area (Å²) in [4.78, 5) is 31.4. The third-order valence-electron chi connectivity index (χ3n) is 6.67. The Kier molecular flexibility index (Phi) is 7.61. The van der Waals surface area contributed by atoms with E-state index >= 15 is 0 Å². The molecule has 204 valence electrons. The minimum Gasteiger partial charge on any atom is -0.479 e. The zero-order chi connectivity index (χ0) is 27.9. The normalized spacial score (nSPS) is 15.6. The molecule has 10 heteroatoms. The third kappa shape index (κ3) is 5.91. The molecular formula is C29H32ClN5O3S. The van der Waals surface area contributed by atoms with Crippen LogP contribution in [0.5, 0.6) is 0 Å². The van der Waals surface area contributed by atoms with E-state index in [1.165, 1.54) is 11.3 Å². The number of benzene rings is 2. The van der Waals surface area contributed by atoms with Gasteiger partial charge in [0, 0.05) is 48.5 Å². The van der Waals surface area contributed by atoms with Gasteiger partial charge in [-0.3, -0.25) is 0 Å². The van der Waals surface area contributed by atoms with Crippen LogP contribution in [0.25, 0.3) is 32.0 Å². The van der Waals surface area contributed by atoms with Crippen LogP contribution in [0.1, 0.15) is 38.0 Å². The first-order chi connectivity index (χ1) is 18.5. The molecule has 2 aromatic heterocycles. The lowest BCUT2D eigenvalue weighted by Gasteiger charge is -2.32. The second-order valence-corrected chi connectivity index (χ2v) is 12.3. The Labute approximate surface area is 237 Å². The number of carbonyl (C=O) groups is 1.